The van der Waals surface area contributed by atoms with Crippen LogP contribution in [0.3, 0.4) is 0 Å². The molecule has 0 heterocycles. The van der Waals surface area contributed by atoms with Crippen LogP contribution in [0.15, 0.2) is 0 Å². The maximum Gasteiger partial charge on any atom is 0.472 e. The molecule has 552 valence electrons. The van der Waals surface area contributed by atoms with Crippen LogP contribution in [0.25, 0.3) is 0 Å². The molecule has 0 amide bonds. The molecule has 93 heavy (non-hydrogen) atoms. The predicted octanol–water partition coefficient (Wildman–Crippen LogP) is 21.3. The van der Waals surface area contributed by atoms with Crippen molar-refractivity contribution in [1.29, 1.82) is 0 Å². The fourth-order valence-electron chi connectivity index (χ4n) is 11.2. The summed E-state index contributed by atoms with van der Waals surface area (Å²) in [5, 5.41) is 10.6. The number of aliphatic hydroxyl groups excluding tert-OH is 1. The Morgan fingerprint density at radius 1 is 0.301 bits per heavy atom. The number of esters is 4. The van der Waals surface area contributed by atoms with Crippen LogP contribution in [0, 0.1) is 23.7 Å². The van der Waals surface area contributed by atoms with Gasteiger partial charge in [-0.2, -0.15) is 0 Å². The number of hydrogen-bond donors (Lipinski definition) is 3. The summed E-state index contributed by atoms with van der Waals surface area (Å²) in [6.45, 7) is 14.1. The fourth-order valence-corrected chi connectivity index (χ4v) is 12.7. The molecule has 0 aliphatic heterocycles. The molecule has 0 aliphatic carbocycles. The first kappa shape index (κ1) is 91.1. The highest BCUT2D eigenvalue weighted by atomic mass is 31.2. The van der Waals surface area contributed by atoms with Gasteiger partial charge in [-0.05, 0) is 49.4 Å². The Morgan fingerprint density at radius 3 is 0.763 bits per heavy atom. The molecule has 0 saturated heterocycles. The molecule has 0 fully saturated rings. The van der Waals surface area contributed by atoms with Gasteiger partial charge in [-0.3, -0.25) is 37.3 Å². The van der Waals surface area contributed by atoms with Gasteiger partial charge in [-0.25, -0.2) is 9.13 Å². The van der Waals surface area contributed by atoms with E-state index in [2.05, 4.69) is 55.4 Å². The normalized spacial score (nSPS) is 14.5. The van der Waals surface area contributed by atoms with Gasteiger partial charge >= 0.3 is 39.5 Å². The SMILES string of the molecule is CCC(C)CCCCCCCCCCC(=O)OC[C@H](COP(=O)(O)OCC(O)COP(=O)(O)OC[C@@H](COC(=O)CCCCCCCCC(C)C)OC(=O)CCCCCCCCCCCCCCCCCCC(C)C)OC(=O)CCCCCCCCCCCCC(C)C. The number of unbranched alkanes of at least 4 members (excludes halogenated alkanes) is 36. The average molecular weight is 1370 g/mol. The maximum atomic E-state index is 13.0. The van der Waals surface area contributed by atoms with Gasteiger partial charge in [-0.1, -0.05) is 319 Å². The Morgan fingerprint density at radius 2 is 0.516 bits per heavy atom. The van der Waals surface area contributed by atoms with E-state index in [0.29, 0.717) is 31.6 Å². The second-order valence-electron chi connectivity index (χ2n) is 28.4. The zero-order valence-corrected chi connectivity index (χ0v) is 62.7. The number of ether oxygens (including phenoxy) is 4. The summed E-state index contributed by atoms with van der Waals surface area (Å²) in [4.78, 5) is 72.7. The van der Waals surface area contributed by atoms with Crippen molar-refractivity contribution in [2.24, 2.45) is 23.7 Å². The van der Waals surface area contributed by atoms with Gasteiger partial charge in [0.1, 0.15) is 19.3 Å². The van der Waals surface area contributed by atoms with E-state index in [1.54, 1.807) is 0 Å². The zero-order chi connectivity index (χ0) is 68.9. The summed E-state index contributed by atoms with van der Waals surface area (Å²) in [6.07, 6.45) is 47.3. The third-order valence-electron chi connectivity index (χ3n) is 17.4. The van der Waals surface area contributed by atoms with E-state index in [1.807, 2.05) is 0 Å². The molecule has 0 bridgehead atoms. The third kappa shape index (κ3) is 67.0. The van der Waals surface area contributed by atoms with Gasteiger partial charge in [-0.15, -0.1) is 0 Å². The Hall–Kier alpha value is -1.94. The van der Waals surface area contributed by atoms with Crippen molar-refractivity contribution in [3.05, 3.63) is 0 Å². The van der Waals surface area contributed by atoms with E-state index in [0.717, 1.165) is 114 Å². The molecule has 0 spiro atoms. The standard InChI is InChI=1S/C74H144O17P2/c1-9-67(8)53-45-37-28-24-25-29-38-46-54-71(76)84-60-69(90-74(79)57-49-41-31-23-19-18-21-27-35-43-51-65(4)5)62-88-92(80,81)86-58-68(75)59-87-93(82,83)89-63-70(61-85-72(77)55-47-39-33-32-36-44-52-66(6)7)91-73(78)56-48-40-30-22-17-15-13-11-10-12-14-16-20-26-34-42-50-64(2)3/h64-70,75H,9-63H2,1-8H3,(H,80,81)(H,82,83)/t67?,68?,69-,70-/m1/s1. The number of hydrogen-bond acceptors (Lipinski definition) is 15. The van der Waals surface area contributed by atoms with Crippen molar-refractivity contribution in [1.82, 2.24) is 0 Å². The number of phosphoric acid groups is 2. The van der Waals surface area contributed by atoms with E-state index in [1.165, 1.54) is 167 Å². The lowest BCUT2D eigenvalue weighted by atomic mass is 9.99. The number of phosphoric ester groups is 2. The lowest BCUT2D eigenvalue weighted by Gasteiger charge is -2.21. The van der Waals surface area contributed by atoms with Crippen LogP contribution in [0.1, 0.15) is 370 Å². The van der Waals surface area contributed by atoms with Crippen LogP contribution in [-0.2, 0) is 65.4 Å². The molecule has 6 atom stereocenters. The summed E-state index contributed by atoms with van der Waals surface area (Å²) in [5.41, 5.74) is 0. The van der Waals surface area contributed by atoms with Crippen LogP contribution in [-0.4, -0.2) is 96.7 Å². The minimum absolute atomic E-state index is 0.105. The van der Waals surface area contributed by atoms with Crippen molar-refractivity contribution in [3.8, 4) is 0 Å². The van der Waals surface area contributed by atoms with Gasteiger partial charge in [0.05, 0.1) is 26.4 Å². The van der Waals surface area contributed by atoms with E-state index < -0.39 is 97.5 Å². The maximum absolute atomic E-state index is 13.0. The lowest BCUT2D eigenvalue weighted by Crippen LogP contribution is -2.30. The van der Waals surface area contributed by atoms with Crippen LogP contribution >= 0.6 is 15.6 Å². The highest BCUT2D eigenvalue weighted by molar-refractivity contribution is 7.47. The molecular formula is C74H144O17P2. The van der Waals surface area contributed by atoms with Crippen LogP contribution < -0.4 is 0 Å². The highest BCUT2D eigenvalue weighted by Crippen LogP contribution is 2.45. The summed E-state index contributed by atoms with van der Waals surface area (Å²) in [6, 6.07) is 0. The molecule has 0 rings (SSSR count). The molecule has 0 saturated carbocycles. The Labute approximate surface area is 568 Å². The van der Waals surface area contributed by atoms with Gasteiger partial charge < -0.3 is 33.8 Å². The summed E-state index contributed by atoms with van der Waals surface area (Å²) >= 11 is 0. The van der Waals surface area contributed by atoms with E-state index in [9.17, 15) is 43.2 Å². The average Bonchev–Trinajstić information content (AvgIpc) is 3.18. The third-order valence-corrected chi connectivity index (χ3v) is 19.3. The van der Waals surface area contributed by atoms with Gasteiger partial charge in [0.25, 0.3) is 0 Å². The van der Waals surface area contributed by atoms with Gasteiger partial charge in [0.15, 0.2) is 12.2 Å². The number of carbonyl (C=O) groups excluding carboxylic acids is 4. The molecule has 4 unspecified atom stereocenters. The minimum Gasteiger partial charge on any atom is -0.462 e. The summed E-state index contributed by atoms with van der Waals surface area (Å²) < 4.78 is 68.4. The molecule has 0 aromatic rings. The van der Waals surface area contributed by atoms with E-state index in [-0.39, 0.29) is 25.7 Å². The highest BCUT2D eigenvalue weighted by Gasteiger charge is 2.30. The molecule has 3 N–H and O–H groups in total. The molecular weight excluding hydrogens is 1220 g/mol. The minimum atomic E-state index is -4.95. The van der Waals surface area contributed by atoms with Crippen molar-refractivity contribution in [3.63, 3.8) is 0 Å². The monoisotopic (exact) mass is 1370 g/mol. The number of aliphatic hydroxyl groups is 1. The van der Waals surface area contributed by atoms with Crippen LogP contribution in [0.2, 0.25) is 0 Å². The number of rotatable bonds is 71. The quantitative estimate of drug-likeness (QED) is 0.0222. The topological polar surface area (TPSA) is 237 Å². The van der Waals surface area contributed by atoms with E-state index in [4.69, 9.17) is 37.0 Å². The van der Waals surface area contributed by atoms with Gasteiger partial charge in [0.2, 0.25) is 0 Å². The predicted molar refractivity (Wildman–Crippen MR) is 377 cm³/mol. The molecule has 0 aliphatic rings. The summed E-state index contributed by atoms with van der Waals surface area (Å²) in [7, 11) is -9.91. The number of carbonyl (C=O) groups is 4. The second kappa shape index (κ2) is 63.5. The van der Waals surface area contributed by atoms with Crippen LogP contribution in [0.4, 0.5) is 0 Å². The Bertz CT molecular complexity index is 1840. The second-order valence-corrected chi connectivity index (χ2v) is 31.3. The Balaban J connectivity index is 5.21. The van der Waals surface area contributed by atoms with Crippen molar-refractivity contribution in [2.75, 3.05) is 39.6 Å². The smallest absolute Gasteiger partial charge is 0.462 e. The van der Waals surface area contributed by atoms with E-state index >= 15 is 0 Å². The van der Waals surface area contributed by atoms with Crippen molar-refractivity contribution < 1.29 is 80.2 Å². The van der Waals surface area contributed by atoms with Crippen LogP contribution in [0.5, 0.6) is 0 Å². The first-order valence-corrected chi connectivity index (χ1v) is 41.2. The molecule has 19 heteroatoms. The summed E-state index contributed by atoms with van der Waals surface area (Å²) in [5.74, 6) is 0.892. The molecule has 0 radical (unpaired) electrons. The molecule has 0 aromatic heterocycles. The fraction of sp³-hybridized carbons (Fsp3) is 0.946. The first-order chi connectivity index (χ1) is 44.6. The van der Waals surface area contributed by atoms with Crippen molar-refractivity contribution in [2.45, 2.75) is 388 Å². The van der Waals surface area contributed by atoms with Crippen molar-refractivity contribution >= 4 is 39.5 Å². The molecule has 17 nitrogen and oxygen atoms in total. The van der Waals surface area contributed by atoms with Gasteiger partial charge in [0, 0.05) is 25.7 Å². The Kier molecular flexibility index (Phi) is 62.2. The molecule has 0 aromatic carbocycles. The lowest BCUT2D eigenvalue weighted by molar-refractivity contribution is -0.161. The first-order valence-electron chi connectivity index (χ1n) is 38.2. The zero-order valence-electron chi connectivity index (χ0n) is 60.9. The largest absolute Gasteiger partial charge is 0.472 e.